The first-order chi connectivity index (χ1) is 14.3. The fraction of sp³-hybridized carbons (Fsp3) is 0.619. The van der Waals surface area contributed by atoms with Crippen molar-refractivity contribution in [2.24, 2.45) is 11.8 Å². The van der Waals surface area contributed by atoms with E-state index in [9.17, 15) is 4.79 Å². The van der Waals surface area contributed by atoms with E-state index >= 15 is 0 Å². The number of thioether (sulfide) groups is 1. The molecule has 166 valence electrons. The average molecular weight is 436 g/mol. The van der Waals surface area contributed by atoms with Gasteiger partial charge in [0.05, 0.1) is 20.0 Å². The molecule has 1 aromatic carbocycles. The maximum absolute atomic E-state index is 12.9. The van der Waals surface area contributed by atoms with Gasteiger partial charge in [-0.1, -0.05) is 39.5 Å². The Morgan fingerprint density at radius 1 is 1.10 bits per heavy atom. The summed E-state index contributed by atoms with van der Waals surface area (Å²) in [5.74, 6) is 2.78. The minimum atomic E-state index is 0.105. The Hall–Kier alpha value is -2.29. The zero-order valence-electron chi connectivity index (χ0n) is 18.8. The van der Waals surface area contributed by atoms with Crippen LogP contribution in [-0.2, 0) is 4.79 Å². The number of methoxy groups -OCH3 is 2. The Balaban J connectivity index is 2.12. The van der Waals surface area contributed by atoms with E-state index in [1.807, 2.05) is 11.0 Å². The van der Waals surface area contributed by atoms with Crippen molar-refractivity contribution in [2.45, 2.75) is 45.7 Å². The highest BCUT2D eigenvalue weighted by Gasteiger charge is 2.19. The predicted molar refractivity (Wildman–Crippen MR) is 118 cm³/mol. The van der Waals surface area contributed by atoms with Crippen LogP contribution in [0.2, 0.25) is 0 Å². The summed E-state index contributed by atoms with van der Waals surface area (Å²) in [5, 5.41) is 12.5. The van der Waals surface area contributed by atoms with Crippen LogP contribution in [0.3, 0.4) is 0 Å². The van der Waals surface area contributed by atoms with E-state index in [0.717, 1.165) is 25.9 Å². The van der Waals surface area contributed by atoms with E-state index in [4.69, 9.17) is 9.47 Å². The number of carbonyl (C=O) groups is 1. The van der Waals surface area contributed by atoms with Crippen LogP contribution in [0, 0.1) is 11.8 Å². The number of hydrogen-bond acceptors (Lipinski definition) is 7. The Kier molecular flexibility index (Phi) is 9.42. The lowest BCUT2D eigenvalue weighted by Crippen LogP contribution is -2.35. The lowest BCUT2D eigenvalue weighted by atomic mass is 10.1. The molecule has 9 heteroatoms. The number of amides is 1. The molecule has 0 aliphatic heterocycles. The summed E-state index contributed by atoms with van der Waals surface area (Å²) in [6.07, 6.45) is 1.99. The summed E-state index contributed by atoms with van der Waals surface area (Å²) in [6.45, 7) is 10.3. The summed E-state index contributed by atoms with van der Waals surface area (Å²) >= 11 is 1.33. The molecule has 0 saturated heterocycles. The van der Waals surface area contributed by atoms with Crippen LogP contribution in [0.4, 0.5) is 0 Å². The summed E-state index contributed by atoms with van der Waals surface area (Å²) < 4.78 is 12.3. The van der Waals surface area contributed by atoms with Gasteiger partial charge in [-0.2, -0.15) is 4.68 Å². The molecule has 2 aromatic rings. The molecule has 0 spiro atoms. The van der Waals surface area contributed by atoms with Gasteiger partial charge in [0.15, 0.2) is 0 Å². The fourth-order valence-electron chi connectivity index (χ4n) is 2.79. The molecule has 0 fully saturated rings. The molecule has 1 heterocycles. The van der Waals surface area contributed by atoms with Crippen LogP contribution in [0.25, 0.3) is 5.69 Å². The summed E-state index contributed by atoms with van der Waals surface area (Å²) in [5.41, 5.74) is 0.660. The van der Waals surface area contributed by atoms with Gasteiger partial charge in [0.2, 0.25) is 11.1 Å². The second-order valence-electron chi connectivity index (χ2n) is 7.95. The first-order valence-electron chi connectivity index (χ1n) is 10.3. The van der Waals surface area contributed by atoms with E-state index in [1.54, 1.807) is 31.0 Å². The lowest BCUT2D eigenvalue weighted by molar-refractivity contribution is -0.128. The van der Waals surface area contributed by atoms with E-state index in [-0.39, 0.29) is 11.7 Å². The highest BCUT2D eigenvalue weighted by Crippen LogP contribution is 2.29. The zero-order chi connectivity index (χ0) is 22.1. The van der Waals surface area contributed by atoms with Crippen molar-refractivity contribution in [3.8, 4) is 17.2 Å². The van der Waals surface area contributed by atoms with E-state index in [0.29, 0.717) is 34.2 Å². The first kappa shape index (κ1) is 24.0. The van der Waals surface area contributed by atoms with Crippen molar-refractivity contribution >= 4 is 17.7 Å². The van der Waals surface area contributed by atoms with Crippen molar-refractivity contribution in [3.63, 3.8) is 0 Å². The van der Waals surface area contributed by atoms with Gasteiger partial charge in [-0.25, -0.2) is 0 Å². The van der Waals surface area contributed by atoms with Crippen LogP contribution in [0.15, 0.2) is 23.4 Å². The lowest BCUT2D eigenvalue weighted by Gasteiger charge is -2.24. The molecule has 0 aliphatic rings. The van der Waals surface area contributed by atoms with Gasteiger partial charge in [0, 0.05) is 19.2 Å². The number of hydrogen-bond donors (Lipinski definition) is 0. The Morgan fingerprint density at radius 2 is 1.77 bits per heavy atom. The molecule has 0 bridgehead atoms. The minimum Gasteiger partial charge on any atom is -0.497 e. The minimum absolute atomic E-state index is 0.105. The number of tetrazole rings is 1. The van der Waals surface area contributed by atoms with Crippen molar-refractivity contribution < 1.29 is 14.3 Å². The first-order valence-corrected chi connectivity index (χ1v) is 11.3. The highest BCUT2D eigenvalue weighted by molar-refractivity contribution is 7.99. The van der Waals surface area contributed by atoms with Gasteiger partial charge >= 0.3 is 0 Å². The van der Waals surface area contributed by atoms with Crippen LogP contribution < -0.4 is 9.47 Å². The normalized spacial score (nSPS) is 11.2. The summed E-state index contributed by atoms with van der Waals surface area (Å²) in [6, 6.07) is 5.41. The molecule has 2 rings (SSSR count). The number of rotatable bonds is 12. The fourth-order valence-corrected chi connectivity index (χ4v) is 3.58. The third kappa shape index (κ3) is 6.90. The third-order valence-electron chi connectivity index (χ3n) is 4.69. The smallest absolute Gasteiger partial charge is 0.233 e. The van der Waals surface area contributed by atoms with Crippen LogP contribution in [0.5, 0.6) is 11.5 Å². The Labute approximate surface area is 183 Å². The zero-order valence-corrected chi connectivity index (χ0v) is 19.6. The van der Waals surface area contributed by atoms with Crippen molar-refractivity contribution in [2.75, 3.05) is 33.1 Å². The molecule has 8 nitrogen and oxygen atoms in total. The Bertz CT molecular complexity index is 798. The number of nitrogens with zero attached hydrogens (tertiary/aromatic N) is 5. The number of carbonyl (C=O) groups excluding carboxylic acids is 1. The molecular formula is C21H33N5O3S. The van der Waals surface area contributed by atoms with Crippen LogP contribution in [0.1, 0.15) is 40.5 Å². The topological polar surface area (TPSA) is 82.4 Å². The van der Waals surface area contributed by atoms with Crippen LogP contribution in [-0.4, -0.2) is 64.1 Å². The molecule has 0 saturated carbocycles. The van der Waals surface area contributed by atoms with Gasteiger partial charge in [0.1, 0.15) is 17.2 Å². The third-order valence-corrected chi connectivity index (χ3v) is 5.59. The van der Waals surface area contributed by atoms with Gasteiger partial charge in [-0.3, -0.25) is 4.79 Å². The van der Waals surface area contributed by atoms with Crippen LogP contribution >= 0.6 is 11.8 Å². The van der Waals surface area contributed by atoms with Gasteiger partial charge in [-0.15, -0.1) is 5.10 Å². The molecule has 0 N–H and O–H groups in total. The van der Waals surface area contributed by atoms with Gasteiger partial charge < -0.3 is 14.4 Å². The molecular weight excluding hydrogens is 402 g/mol. The largest absolute Gasteiger partial charge is 0.497 e. The second kappa shape index (κ2) is 11.8. The molecule has 0 unspecified atom stereocenters. The SMILES string of the molecule is COc1ccc(OC)c(-n2nnnc2SCC(=O)N(CCC(C)C)CCC(C)C)c1. The number of ether oxygens (including phenoxy) is 2. The second-order valence-corrected chi connectivity index (χ2v) is 8.89. The molecule has 0 radical (unpaired) electrons. The summed E-state index contributed by atoms with van der Waals surface area (Å²) in [4.78, 5) is 14.9. The Morgan fingerprint density at radius 3 is 2.33 bits per heavy atom. The van der Waals surface area contributed by atoms with E-state index < -0.39 is 0 Å². The van der Waals surface area contributed by atoms with Gasteiger partial charge in [-0.05, 0) is 47.2 Å². The van der Waals surface area contributed by atoms with E-state index in [1.165, 1.54) is 11.8 Å². The predicted octanol–water partition coefficient (Wildman–Crippen LogP) is 3.69. The van der Waals surface area contributed by atoms with Crippen molar-refractivity contribution in [1.29, 1.82) is 0 Å². The maximum atomic E-state index is 12.9. The molecule has 30 heavy (non-hydrogen) atoms. The molecule has 1 amide bonds. The van der Waals surface area contributed by atoms with Crippen molar-refractivity contribution in [3.05, 3.63) is 18.2 Å². The number of benzene rings is 1. The standard InChI is InChI=1S/C21H33N5O3S/c1-15(2)9-11-25(12-10-16(3)4)20(27)14-30-21-22-23-24-26(21)18-13-17(28-5)7-8-19(18)29-6/h7-8,13,15-16H,9-12,14H2,1-6H3. The quantitative estimate of drug-likeness (QED) is 0.470. The van der Waals surface area contributed by atoms with Crippen molar-refractivity contribution in [1.82, 2.24) is 25.1 Å². The highest BCUT2D eigenvalue weighted by atomic mass is 32.2. The molecule has 1 aromatic heterocycles. The average Bonchev–Trinajstić information content (AvgIpc) is 3.19. The molecule has 0 aliphatic carbocycles. The maximum Gasteiger partial charge on any atom is 0.233 e. The number of aromatic nitrogens is 4. The van der Waals surface area contributed by atoms with Gasteiger partial charge in [0.25, 0.3) is 0 Å². The molecule has 0 atom stereocenters. The monoisotopic (exact) mass is 435 g/mol. The summed E-state index contributed by atoms with van der Waals surface area (Å²) in [7, 11) is 3.19. The van der Waals surface area contributed by atoms with E-state index in [2.05, 4.69) is 43.2 Å².